The van der Waals surface area contributed by atoms with Gasteiger partial charge in [0, 0.05) is 18.0 Å². The predicted molar refractivity (Wildman–Crippen MR) is 59.5 cm³/mol. The van der Waals surface area contributed by atoms with Gasteiger partial charge in [-0.05, 0) is 18.6 Å². The molecule has 1 aromatic heterocycles. The summed E-state index contributed by atoms with van der Waals surface area (Å²) < 4.78 is 0. The molecule has 1 aromatic rings. The number of nitrogens with zero attached hydrogens (tertiary/aromatic N) is 2. The monoisotopic (exact) mass is 204 g/mol. The number of hydrogen-bond donors (Lipinski definition) is 0. The third-order valence-electron chi connectivity index (χ3n) is 1.68. The zero-order valence-electron chi connectivity index (χ0n) is 7.79. The zero-order valence-corrected chi connectivity index (χ0v) is 8.54. The Bertz CT molecular complexity index is 427. The van der Waals surface area contributed by atoms with Crippen molar-refractivity contribution in [1.82, 2.24) is 4.98 Å². The number of pyridine rings is 1. The minimum Gasteiger partial charge on any atom is -0.247 e. The molecule has 0 aromatic carbocycles. The van der Waals surface area contributed by atoms with Gasteiger partial charge in [0.05, 0.1) is 0 Å². The quantitative estimate of drug-likeness (QED) is 0.537. The number of aryl methyl sites for hydroxylation is 1. The lowest BCUT2D eigenvalue weighted by molar-refractivity contribution is 1.23. The minimum absolute atomic E-state index is 0.372. The fourth-order valence-electron chi connectivity index (χ4n) is 0.975. The van der Waals surface area contributed by atoms with Crippen molar-refractivity contribution < 1.29 is 0 Å². The molecule has 0 amide bonds. The molecular formula is C11H9ClN2. The third kappa shape index (κ3) is 2.21. The zero-order chi connectivity index (χ0) is 10.6. The molecule has 0 radical (unpaired) electrons. The molecule has 0 bridgehead atoms. The van der Waals surface area contributed by atoms with Gasteiger partial charge in [-0.15, -0.1) is 6.42 Å². The molecule has 0 N–H and O–H groups in total. The van der Waals surface area contributed by atoms with Crippen molar-refractivity contribution >= 4 is 16.8 Å². The minimum atomic E-state index is 0.372. The molecule has 0 aliphatic carbocycles. The van der Waals surface area contributed by atoms with Crippen LogP contribution in [0.25, 0.3) is 0 Å². The first-order valence-electron chi connectivity index (χ1n) is 3.97. The Labute approximate surface area is 88.3 Å². The second-order valence-electron chi connectivity index (χ2n) is 2.63. The van der Waals surface area contributed by atoms with Crippen LogP contribution >= 0.6 is 11.6 Å². The summed E-state index contributed by atoms with van der Waals surface area (Å²) in [7, 11) is 0. The van der Waals surface area contributed by atoms with E-state index in [0.717, 1.165) is 11.1 Å². The average Bonchev–Trinajstić information content (AvgIpc) is 2.19. The molecule has 0 saturated carbocycles. The van der Waals surface area contributed by atoms with E-state index in [9.17, 15) is 0 Å². The van der Waals surface area contributed by atoms with E-state index in [4.69, 9.17) is 18.0 Å². The summed E-state index contributed by atoms with van der Waals surface area (Å²) in [6.45, 7) is 5.36. The number of halogens is 1. The average molecular weight is 205 g/mol. The van der Waals surface area contributed by atoms with Crippen molar-refractivity contribution in [3.63, 3.8) is 0 Å². The van der Waals surface area contributed by atoms with Gasteiger partial charge in [-0.1, -0.05) is 24.1 Å². The van der Waals surface area contributed by atoms with Crippen molar-refractivity contribution in [2.45, 2.75) is 6.92 Å². The van der Waals surface area contributed by atoms with Crippen LogP contribution in [0.1, 0.15) is 16.8 Å². The van der Waals surface area contributed by atoms with Gasteiger partial charge in [-0.2, -0.15) is 0 Å². The number of aliphatic imine (C=N–C) groups is 1. The summed E-state index contributed by atoms with van der Waals surface area (Å²) in [6, 6.07) is 1.73. The highest BCUT2D eigenvalue weighted by atomic mass is 35.5. The van der Waals surface area contributed by atoms with E-state index < -0.39 is 0 Å². The van der Waals surface area contributed by atoms with Crippen LogP contribution in [0.2, 0.25) is 0 Å². The highest BCUT2D eigenvalue weighted by molar-refractivity contribution is 6.69. The fraction of sp³-hybridized carbons (Fsp3) is 0.0909. The molecular weight excluding hydrogens is 196 g/mol. The Morgan fingerprint density at radius 3 is 3.07 bits per heavy atom. The smallest absolute Gasteiger partial charge is 0.136 e. The Balaban J connectivity index is 3.27. The summed E-state index contributed by atoms with van der Waals surface area (Å²) in [5.74, 6) is 2.44. The van der Waals surface area contributed by atoms with Gasteiger partial charge in [0.2, 0.25) is 0 Å². The highest BCUT2D eigenvalue weighted by Gasteiger charge is 2.04. The Kier molecular flexibility index (Phi) is 3.44. The second-order valence-corrected chi connectivity index (χ2v) is 2.99. The topological polar surface area (TPSA) is 25.2 Å². The van der Waals surface area contributed by atoms with Crippen molar-refractivity contribution in [1.29, 1.82) is 0 Å². The molecule has 0 aliphatic rings. The molecule has 3 heteroatoms. The maximum Gasteiger partial charge on any atom is 0.136 e. The molecule has 1 rings (SSSR count). The van der Waals surface area contributed by atoms with Gasteiger partial charge >= 0.3 is 0 Å². The predicted octanol–water partition coefficient (Wildman–Crippen LogP) is 2.50. The summed E-state index contributed by atoms with van der Waals surface area (Å²) in [4.78, 5) is 7.91. The molecule has 0 saturated heterocycles. The van der Waals surface area contributed by atoms with E-state index >= 15 is 0 Å². The van der Waals surface area contributed by atoms with E-state index in [1.54, 1.807) is 12.3 Å². The first-order valence-corrected chi connectivity index (χ1v) is 4.34. The molecule has 0 spiro atoms. The Hall–Kier alpha value is -1.59. The Morgan fingerprint density at radius 2 is 2.50 bits per heavy atom. The van der Waals surface area contributed by atoms with Crippen molar-refractivity contribution in [2.24, 2.45) is 4.99 Å². The lowest BCUT2D eigenvalue weighted by atomic mass is 10.1. The molecule has 14 heavy (non-hydrogen) atoms. The summed E-state index contributed by atoms with van der Waals surface area (Å²) in [6.07, 6.45) is 8.29. The lowest BCUT2D eigenvalue weighted by Crippen LogP contribution is -1.97. The van der Waals surface area contributed by atoms with Crippen LogP contribution in [0.15, 0.2) is 30.0 Å². The largest absolute Gasteiger partial charge is 0.247 e. The van der Waals surface area contributed by atoms with Gasteiger partial charge < -0.3 is 0 Å². The summed E-state index contributed by atoms with van der Waals surface area (Å²) in [5.41, 5.74) is 2.26. The standard InChI is InChI=1S/C11H9ClN2/c1-4-9-6-10(8(3)7-14-9)11(12)13-5-2/h1,5-7H,2H2,3H3/b13-11+. The van der Waals surface area contributed by atoms with E-state index in [0.29, 0.717) is 10.9 Å². The Morgan fingerprint density at radius 1 is 1.79 bits per heavy atom. The van der Waals surface area contributed by atoms with Crippen LogP contribution in [0.5, 0.6) is 0 Å². The molecule has 0 fully saturated rings. The van der Waals surface area contributed by atoms with Crippen molar-refractivity contribution in [2.75, 3.05) is 0 Å². The van der Waals surface area contributed by atoms with Crippen LogP contribution in [0, 0.1) is 19.3 Å². The van der Waals surface area contributed by atoms with Crippen LogP contribution < -0.4 is 0 Å². The van der Waals surface area contributed by atoms with Gasteiger partial charge in [0.25, 0.3) is 0 Å². The summed E-state index contributed by atoms with van der Waals surface area (Å²) >= 11 is 5.92. The maximum absolute atomic E-state index is 5.92. The molecule has 0 atom stereocenters. The number of rotatable bonds is 2. The normalized spacial score (nSPS) is 10.8. The van der Waals surface area contributed by atoms with Crippen LogP contribution in [-0.2, 0) is 0 Å². The highest BCUT2D eigenvalue weighted by Crippen LogP contribution is 2.12. The third-order valence-corrected chi connectivity index (χ3v) is 1.98. The number of hydrogen-bond acceptors (Lipinski definition) is 2. The van der Waals surface area contributed by atoms with Crippen LogP contribution in [-0.4, -0.2) is 10.2 Å². The molecule has 70 valence electrons. The SMILES string of the molecule is C#Cc1cc(/C(Cl)=N\C=C)c(C)cn1. The van der Waals surface area contributed by atoms with E-state index in [1.807, 2.05) is 6.92 Å². The first kappa shape index (κ1) is 10.5. The van der Waals surface area contributed by atoms with Gasteiger partial charge in [-0.25, -0.2) is 9.98 Å². The van der Waals surface area contributed by atoms with Gasteiger partial charge in [0.1, 0.15) is 10.9 Å². The van der Waals surface area contributed by atoms with Crippen LogP contribution in [0.4, 0.5) is 0 Å². The van der Waals surface area contributed by atoms with Crippen molar-refractivity contribution in [3.8, 4) is 12.3 Å². The van der Waals surface area contributed by atoms with Crippen molar-refractivity contribution in [3.05, 3.63) is 41.9 Å². The molecule has 2 nitrogen and oxygen atoms in total. The molecule has 0 unspecified atom stereocenters. The second kappa shape index (κ2) is 4.59. The number of aromatic nitrogens is 1. The van der Waals surface area contributed by atoms with Gasteiger partial charge in [-0.3, -0.25) is 0 Å². The van der Waals surface area contributed by atoms with E-state index in [-0.39, 0.29) is 0 Å². The fourth-order valence-corrected chi connectivity index (χ4v) is 1.25. The van der Waals surface area contributed by atoms with Crippen LogP contribution in [0.3, 0.4) is 0 Å². The molecule has 1 heterocycles. The molecule has 0 aliphatic heterocycles. The van der Waals surface area contributed by atoms with E-state index in [2.05, 4.69) is 22.5 Å². The van der Waals surface area contributed by atoms with Gasteiger partial charge in [0.15, 0.2) is 0 Å². The number of terminal acetylenes is 1. The summed E-state index contributed by atoms with van der Waals surface area (Å²) in [5, 5.41) is 0.372. The van der Waals surface area contributed by atoms with E-state index in [1.165, 1.54) is 6.20 Å². The first-order chi connectivity index (χ1) is 6.69. The maximum atomic E-state index is 5.92. The lowest BCUT2D eigenvalue weighted by Gasteiger charge is -2.02.